The van der Waals surface area contributed by atoms with E-state index in [2.05, 4.69) is 10.6 Å². The molecule has 104 valence electrons. The van der Waals surface area contributed by atoms with E-state index in [0.29, 0.717) is 16.3 Å². The van der Waals surface area contributed by atoms with Gasteiger partial charge in [-0.15, -0.1) is 0 Å². The number of nitrogen functional groups attached to an aromatic ring is 1. The average molecular weight is 284 g/mol. The number of nitrogens with two attached hydrogens (primary N) is 1. The highest BCUT2D eigenvalue weighted by Crippen LogP contribution is 2.20. The maximum Gasteiger partial charge on any atom is 0.251 e. The molecule has 4 N–H and O–H groups in total. The van der Waals surface area contributed by atoms with Crippen LogP contribution in [0.2, 0.25) is 5.02 Å². The molecule has 0 radical (unpaired) electrons. The third-order valence-electron chi connectivity index (χ3n) is 2.80. The molecule has 0 atom stereocenters. The Labute approximate surface area is 117 Å². The third kappa shape index (κ3) is 3.86. The molecule has 0 fully saturated rings. The Morgan fingerprint density at radius 3 is 2.53 bits per heavy atom. The van der Waals surface area contributed by atoms with Gasteiger partial charge in [0.2, 0.25) is 5.91 Å². The molecule has 0 aliphatic heterocycles. The van der Waals surface area contributed by atoms with Crippen LogP contribution in [0.3, 0.4) is 0 Å². The van der Waals surface area contributed by atoms with E-state index in [4.69, 9.17) is 17.3 Å². The third-order valence-corrected chi connectivity index (χ3v) is 3.12. The van der Waals surface area contributed by atoms with Gasteiger partial charge in [0, 0.05) is 19.2 Å². The van der Waals surface area contributed by atoms with Gasteiger partial charge in [0.05, 0.1) is 16.1 Å². The molecule has 0 aromatic heterocycles. The molecule has 0 unspecified atom stereocenters. The molecule has 0 aliphatic rings. The van der Waals surface area contributed by atoms with Crippen molar-refractivity contribution in [1.82, 2.24) is 10.6 Å². The minimum Gasteiger partial charge on any atom is -0.398 e. The van der Waals surface area contributed by atoms with E-state index in [1.165, 1.54) is 6.07 Å². The molecule has 1 aromatic rings. The largest absolute Gasteiger partial charge is 0.398 e. The first-order valence-corrected chi connectivity index (χ1v) is 6.21. The van der Waals surface area contributed by atoms with Gasteiger partial charge in [-0.25, -0.2) is 0 Å². The molecule has 1 aromatic carbocycles. The first-order chi connectivity index (χ1) is 8.77. The number of anilines is 1. The highest BCUT2D eigenvalue weighted by Gasteiger charge is 2.27. The summed E-state index contributed by atoms with van der Waals surface area (Å²) in [6.45, 7) is 3.73. The number of rotatable bonds is 4. The van der Waals surface area contributed by atoms with Gasteiger partial charge < -0.3 is 16.4 Å². The normalized spacial score (nSPS) is 10.9. The van der Waals surface area contributed by atoms with E-state index in [1.807, 2.05) is 0 Å². The van der Waals surface area contributed by atoms with Crippen molar-refractivity contribution in [2.45, 2.75) is 13.8 Å². The molecular weight excluding hydrogens is 266 g/mol. The summed E-state index contributed by atoms with van der Waals surface area (Å²) >= 11 is 5.85. The molecule has 0 bridgehead atoms. The Morgan fingerprint density at radius 1 is 1.37 bits per heavy atom. The van der Waals surface area contributed by atoms with E-state index in [9.17, 15) is 9.59 Å². The molecule has 0 spiro atoms. The lowest BCUT2D eigenvalue weighted by Crippen LogP contribution is -2.43. The average Bonchev–Trinajstić information content (AvgIpc) is 2.38. The molecule has 0 heterocycles. The minimum absolute atomic E-state index is 0.136. The quantitative estimate of drug-likeness (QED) is 0.731. The van der Waals surface area contributed by atoms with Crippen molar-refractivity contribution in [3.8, 4) is 0 Å². The Morgan fingerprint density at radius 2 is 2.00 bits per heavy atom. The second-order valence-corrected chi connectivity index (χ2v) is 5.29. The molecular formula is C13H18ClN3O2. The number of amides is 2. The maximum atomic E-state index is 11.9. The number of hydrogen-bond donors (Lipinski definition) is 3. The van der Waals surface area contributed by atoms with Crippen LogP contribution in [0.25, 0.3) is 0 Å². The Bertz CT molecular complexity index is 501. The van der Waals surface area contributed by atoms with Gasteiger partial charge in [0.25, 0.3) is 5.91 Å². The van der Waals surface area contributed by atoms with E-state index in [-0.39, 0.29) is 18.4 Å². The number of hydrogen-bond acceptors (Lipinski definition) is 3. The first-order valence-electron chi connectivity index (χ1n) is 5.83. The number of nitrogens with one attached hydrogen (secondary N) is 2. The number of carbonyl (C=O) groups is 2. The van der Waals surface area contributed by atoms with E-state index in [0.717, 1.165) is 0 Å². The lowest BCUT2D eigenvalue weighted by atomic mass is 9.92. The Hall–Kier alpha value is -1.75. The van der Waals surface area contributed by atoms with Crippen molar-refractivity contribution in [2.75, 3.05) is 19.3 Å². The first kappa shape index (κ1) is 15.3. The fourth-order valence-electron chi connectivity index (χ4n) is 1.49. The van der Waals surface area contributed by atoms with Gasteiger partial charge in [0.1, 0.15) is 0 Å². The maximum absolute atomic E-state index is 11.9. The monoisotopic (exact) mass is 283 g/mol. The van der Waals surface area contributed by atoms with Crippen molar-refractivity contribution in [3.05, 3.63) is 28.8 Å². The zero-order valence-corrected chi connectivity index (χ0v) is 12.0. The SMILES string of the molecule is CNC(=O)C(C)(C)CNC(=O)c1ccc(N)c(Cl)c1. The smallest absolute Gasteiger partial charge is 0.251 e. The van der Waals surface area contributed by atoms with Crippen LogP contribution >= 0.6 is 11.6 Å². The van der Waals surface area contributed by atoms with Crippen LogP contribution < -0.4 is 16.4 Å². The topological polar surface area (TPSA) is 84.2 Å². The molecule has 19 heavy (non-hydrogen) atoms. The van der Waals surface area contributed by atoms with Crippen molar-refractivity contribution in [1.29, 1.82) is 0 Å². The Balaban J connectivity index is 2.70. The summed E-state index contributed by atoms with van der Waals surface area (Å²) in [5.74, 6) is -0.429. The number of carbonyl (C=O) groups excluding carboxylic acids is 2. The van der Waals surface area contributed by atoms with E-state index < -0.39 is 5.41 Å². The van der Waals surface area contributed by atoms with Crippen LogP contribution in [0.1, 0.15) is 24.2 Å². The van der Waals surface area contributed by atoms with Crippen molar-refractivity contribution < 1.29 is 9.59 Å². The summed E-state index contributed by atoms with van der Waals surface area (Å²) in [6, 6.07) is 4.66. The summed E-state index contributed by atoms with van der Waals surface area (Å²) in [5, 5.41) is 5.59. The highest BCUT2D eigenvalue weighted by atomic mass is 35.5. The second-order valence-electron chi connectivity index (χ2n) is 4.88. The lowest BCUT2D eigenvalue weighted by molar-refractivity contribution is -0.128. The lowest BCUT2D eigenvalue weighted by Gasteiger charge is -2.22. The molecule has 0 saturated heterocycles. The molecule has 6 heteroatoms. The standard InChI is InChI=1S/C13H18ClN3O2/c1-13(2,12(19)16-3)7-17-11(18)8-4-5-10(15)9(14)6-8/h4-6H,7,15H2,1-3H3,(H,16,19)(H,17,18). The summed E-state index contributed by atoms with van der Waals surface area (Å²) in [6.07, 6.45) is 0. The van der Waals surface area contributed by atoms with Gasteiger partial charge >= 0.3 is 0 Å². The molecule has 0 aliphatic carbocycles. The fourth-order valence-corrected chi connectivity index (χ4v) is 1.67. The fraction of sp³-hybridized carbons (Fsp3) is 0.385. The summed E-state index contributed by atoms with van der Waals surface area (Å²) in [7, 11) is 1.56. The van der Waals surface area contributed by atoms with Crippen LogP contribution in [0.15, 0.2) is 18.2 Å². The van der Waals surface area contributed by atoms with Gasteiger partial charge in [-0.05, 0) is 32.0 Å². The summed E-state index contributed by atoms with van der Waals surface area (Å²) < 4.78 is 0. The van der Waals surface area contributed by atoms with Gasteiger partial charge in [0.15, 0.2) is 0 Å². The summed E-state index contributed by atoms with van der Waals surface area (Å²) in [5.41, 5.74) is 5.72. The number of halogens is 1. The van der Waals surface area contributed by atoms with Gasteiger partial charge in [-0.3, -0.25) is 9.59 Å². The van der Waals surface area contributed by atoms with Crippen molar-refractivity contribution >= 4 is 29.1 Å². The predicted octanol–water partition coefficient (Wildman–Crippen LogP) is 1.42. The predicted molar refractivity (Wildman–Crippen MR) is 76.0 cm³/mol. The van der Waals surface area contributed by atoms with Crippen LogP contribution in [-0.4, -0.2) is 25.4 Å². The molecule has 2 amide bonds. The molecule has 1 rings (SSSR count). The number of benzene rings is 1. The van der Waals surface area contributed by atoms with E-state index >= 15 is 0 Å². The summed E-state index contributed by atoms with van der Waals surface area (Å²) in [4.78, 5) is 23.5. The van der Waals surface area contributed by atoms with Crippen LogP contribution in [0.4, 0.5) is 5.69 Å². The second kappa shape index (κ2) is 5.93. The van der Waals surface area contributed by atoms with E-state index in [1.54, 1.807) is 33.0 Å². The zero-order valence-electron chi connectivity index (χ0n) is 11.2. The van der Waals surface area contributed by atoms with Crippen LogP contribution in [0, 0.1) is 5.41 Å². The zero-order chi connectivity index (χ0) is 14.6. The van der Waals surface area contributed by atoms with Gasteiger partial charge in [-0.2, -0.15) is 0 Å². The minimum atomic E-state index is -0.679. The highest BCUT2D eigenvalue weighted by molar-refractivity contribution is 6.33. The van der Waals surface area contributed by atoms with Crippen molar-refractivity contribution in [3.63, 3.8) is 0 Å². The van der Waals surface area contributed by atoms with Gasteiger partial charge in [-0.1, -0.05) is 11.6 Å². The Kier molecular flexibility index (Phi) is 4.78. The molecule has 5 nitrogen and oxygen atoms in total. The van der Waals surface area contributed by atoms with Crippen molar-refractivity contribution in [2.24, 2.45) is 5.41 Å². The van der Waals surface area contributed by atoms with Crippen LogP contribution in [0.5, 0.6) is 0 Å². The van der Waals surface area contributed by atoms with Crippen LogP contribution in [-0.2, 0) is 4.79 Å². The molecule has 0 saturated carbocycles.